The summed E-state index contributed by atoms with van der Waals surface area (Å²) in [6.07, 6.45) is 2.48. The molecule has 17 heavy (non-hydrogen) atoms. The topological polar surface area (TPSA) is 39.2 Å². The molecule has 2 aromatic rings. The molecule has 1 heterocycles. The van der Waals surface area contributed by atoms with Gasteiger partial charge in [-0.1, -0.05) is 18.2 Å². The number of methoxy groups -OCH3 is 1. The lowest BCUT2D eigenvalue weighted by Gasteiger charge is -2.03. The number of ether oxygens (including phenoxy) is 1. The van der Waals surface area contributed by atoms with Gasteiger partial charge in [0.2, 0.25) is 0 Å². The highest BCUT2D eigenvalue weighted by molar-refractivity contribution is 5.89. The van der Waals surface area contributed by atoms with E-state index in [1.165, 1.54) is 7.11 Å². The smallest absolute Gasteiger partial charge is 0.337 e. The molecule has 0 aliphatic rings. The average molecular weight is 227 g/mol. The van der Waals surface area contributed by atoms with Crippen molar-refractivity contribution in [3.8, 4) is 0 Å². The summed E-state index contributed by atoms with van der Waals surface area (Å²) in [6, 6.07) is 13.2. The predicted molar refractivity (Wildman–Crippen MR) is 64.8 cm³/mol. The maximum absolute atomic E-state index is 11.4. The Morgan fingerprint density at radius 1 is 1.24 bits per heavy atom. The second-order valence-corrected chi connectivity index (χ2v) is 3.69. The molecule has 0 unspecified atom stereocenters. The summed E-state index contributed by atoms with van der Waals surface area (Å²) in [4.78, 5) is 15.6. The van der Waals surface area contributed by atoms with Crippen molar-refractivity contribution in [3.63, 3.8) is 0 Å². The van der Waals surface area contributed by atoms with Gasteiger partial charge in [-0.05, 0) is 29.8 Å². The van der Waals surface area contributed by atoms with Gasteiger partial charge in [0.1, 0.15) is 0 Å². The second kappa shape index (κ2) is 5.25. The Balaban J connectivity index is 2.20. The number of hydrogen-bond acceptors (Lipinski definition) is 3. The van der Waals surface area contributed by atoms with Crippen LogP contribution in [0.2, 0.25) is 0 Å². The number of carbonyl (C=O) groups is 1. The largest absolute Gasteiger partial charge is 0.465 e. The third-order valence-electron chi connectivity index (χ3n) is 2.46. The molecule has 0 aliphatic heterocycles. The number of nitrogens with zero attached hydrogens (tertiary/aromatic N) is 1. The zero-order chi connectivity index (χ0) is 12.1. The van der Waals surface area contributed by atoms with E-state index >= 15 is 0 Å². The van der Waals surface area contributed by atoms with Crippen molar-refractivity contribution in [2.45, 2.75) is 6.42 Å². The summed E-state index contributed by atoms with van der Waals surface area (Å²) >= 11 is 0. The van der Waals surface area contributed by atoms with Gasteiger partial charge in [-0.2, -0.15) is 0 Å². The van der Waals surface area contributed by atoms with Crippen LogP contribution in [-0.2, 0) is 11.2 Å². The zero-order valence-corrected chi connectivity index (χ0v) is 9.59. The van der Waals surface area contributed by atoms with Crippen LogP contribution in [0.25, 0.3) is 0 Å². The molecule has 0 aliphatic carbocycles. The van der Waals surface area contributed by atoms with Gasteiger partial charge in [-0.3, -0.25) is 4.98 Å². The molecule has 3 nitrogen and oxygen atoms in total. The Kier molecular flexibility index (Phi) is 3.50. The normalized spacial score (nSPS) is 9.94. The van der Waals surface area contributed by atoms with E-state index in [2.05, 4.69) is 9.72 Å². The van der Waals surface area contributed by atoms with Gasteiger partial charge in [0.25, 0.3) is 0 Å². The van der Waals surface area contributed by atoms with Gasteiger partial charge in [0.15, 0.2) is 0 Å². The summed E-state index contributed by atoms with van der Waals surface area (Å²) < 4.78 is 4.69. The monoisotopic (exact) mass is 227 g/mol. The lowest BCUT2D eigenvalue weighted by molar-refractivity contribution is 0.0600. The van der Waals surface area contributed by atoms with Crippen molar-refractivity contribution in [3.05, 3.63) is 65.5 Å². The molecule has 2 rings (SSSR count). The van der Waals surface area contributed by atoms with E-state index in [0.29, 0.717) is 12.0 Å². The van der Waals surface area contributed by atoms with Crippen LogP contribution >= 0.6 is 0 Å². The molecule has 1 aromatic carbocycles. The lowest BCUT2D eigenvalue weighted by Crippen LogP contribution is -2.02. The van der Waals surface area contributed by atoms with Crippen molar-refractivity contribution >= 4 is 5.97 Å². The third-order valence-corrected chi connectivity index (χ3v) is 2.46. The molecule has 0 bridgehead atoms. The van der Waals surface area contributed by atoms with Gasteiger partial charge in [-0.25, -0.2) is 4.79 Å². The lowest BCUT2D eigenvalue weighted by atomic mass is 10.1. The van der Waals surface area contributed by atoms with Crippen molar-refractivity contribution < 1.29 is 9.53 Å². The van der Waals surface area contributed by atoms with Crippen LogP contribution < -0.4 is 0 Å². The molecule has 0 amide bonds. The molecule has 0 saturated carbocycles. The summed E-state index contributed by atoms with van der Waals surface area (Å²) in [6.45, 7) is 0. The summed E-state index contributed by atoms with van der Waals surface area (Å²) in [5.41, 5.74) is 2.60. The molecule has 86 valence electrons. The fourth-order valence-corrected chi connectivity index (χ4v) is 1.64. The van der Waals surface area contributed by atoms with E-state index in [4.69, 9.17) is 0 Å². The number of carbonyl (C=O) groups excluding carboxylic acids is 1. The first-order valence-corrected chi connectivity index (χ1v) is 5.37. The number of esters is 1. The fourth-order valence-electron chi connectivity index (χ4n) is 1.64. The quantitative estimate of drug-likeness (QED) is 0.756. The maximum Gasteiger partial charge on any atom is 0.337 e. The van der Waals surface area contributed by atoms with E-state index in [1.54, 1.807) is 12.3 Å². The molecule has 0 saturated heterocycles. The molecule has 1 aromatic heterocycles. The number of hydrogen-bond donors (Lipinski definition) is 0. The van der Waals surface area contributed by atoms with Crippen molar-refractivity contribution in [2.24, 2.45) is 0 Å². The number of benzene rings is 1. The Morgan fingerprint density at radius 3 is 2.82 bits per heavy atom. The third kappa shape index (κ3) is 2.91. The Morgan fingerprint density at radius 2 is 2.12 bits per heavy atom. The van der Waals surface area contributed by atoms with Crippen LogP contribution in [0.3, 0.4) is 0 Å². The van der Waals surface area contributed by atoms with Crippen LogP contribution in [0.4, 0.5) is 0 Å². The van der Waals surface area contributed by atoms with Crippen molar-refractivity contribution in [2.75, 3.05) is 7.11 Å². The van der Waals surface area contributed by atoms with Crippen LogP contribution in [0.5, 0.6) is 0 Å². The summed E-state index contributed by atoms with van der Waals surface area (Å²) in [5.74, 6) is -0.312. The molecule has 0 atom stereocenters. The Bertz CT molecular complexity index is 509. The standard InChI is InChI=1S/C14H13NO2/c1-17-14(16)12-6-4-5-11(9-12)10-13-7-2-3-8-15-13/h2-9H,10H2,1H3. The van der Waals surface area contributed by atoms with E-state index < -0.39 is 0 Å². The second-order valence-electron chi connectivity index (χ2n) is 3.69. The van der Waals surface area contributed by atoms with Crippen LogP contribution in [0.1, 0.15) is 21.6 Å². The first kappa shape index (κ1) is 11.3. The maximum atomic E-state index is 11.4. The van der Waals surface area contributed by atoms with E-state index in [9.17, 15) is 4.79 Å². The minimum atomic E-state index is -0.312. The van der Waals surface area contributed by atoms with Crippen LogP contribution in [-0.4, -0.2) is 18.1 Å². The Labute approximate surface area is 100 Å². The molecule has 0 fully saturated rings. The molecular formula is C14H13NO2. The highest BCUT2D eigenvalue weighted by Crippen LogP contribution is 2.10. The van der Waals surface area contributed by atoms with E-state index in [1.807, 2.05) is 36.4 Å². The van der Waals surface area contributed by atoms with Crippen molar-refractivity contribution in [1.29, 1.82) is 0 Å². The first-order valence-electron chi connectivity index (χ1n) is 5.37. The first-order chi connectivity index (χ1) is 8.29. The fraction of sp³-hybridized carbons (Fsp3) is 0.143. The van der Waals surface area contributed by atoms with Crippen LogP contribution in [0, 0.1) is 0 Å². The number of pyridine rings is 1. The zero-order valence-electron chi connectivity index (χ0n) is 9.59. The van der Waals surface area contributed by atoms with E-state index in [0.717, 1.165) is 11.3 Å². The SMILES string of the molecule is COC(=O)c1cccc(Cc2ccccn2)c1. The molecule has 0 N–H and O–H groups in total. The van der Waals surface area contributed by atoms with Gasteiger partial charge in [-0.15, -0.1) is 0 Å². The van der Waals surface area contributed by atoms with E-state index in [-0.39, 0.29) is 5.97 Å². The highest BCUT2D eigenvalue weighted by Gasteiger charge is 2.05. The molecule has 0 radical (unpaired) electrons. The molecule has 3 heteroatoms. The van der Waals surface area contributed by atoms with Gasteiger partial charge in [0.05, 0.1) is 12.7 Å². The van der Waals surface area contributed by atoms with Gasteiger partial charge >= 0.3 is 5.97 Å². The minimum absolute atomic E-state index is 0.312. The van der Waals surface area contributed by atoms with Crippen LogP contribution in [0.15, 0.2) is 48.7 Å². The number of aromatic nitrogens is 1. The minimum Gasteiger partial charge on any atom is -0.465 e. The predicted octanol–water partition coefficient (Wildman–Crippen LogP) is 2.46. The summed E-state index contributed by atoms with van der Waals surface area (Å²) in [7, 11) is 1.38. The van der Waals surface area contributed by atoms with Crippen molar-refractivity contribution in [1.82, 2.24) is 4.98 Å². The molecule has 0 spiro atoms. The number of rotatable bonds is 3. The van der Waals surface area contributed by atoms with Gasteiger partial charge in [0, 0.05) is 18.3 Å². The average Bonchev–Trinajstić information content (AvgIpc) is 2.39. The highest BCUT2D eigenvalue weighted by atomic mass is 16.5. The summed E-state index contributed by atoms with van der Waals surface area (Å²) in [5, 5.41) is 0. The Hall–Kier alpha value is -2.16. The molecular weight excluding hydrogens is 214 g/mol. The van der Waals surface area contributed by atoms with Gasteiger partial charge < -0.3 is 4.74 Å².